The predicted molar refractivity (Wildman–Crippen MR) is 117 cm³/mol. The van der Waals surface area contributed by atoms with Gasteiger partial charge in [-0.05, 0) is 18.6 Å². The predicted octanol–water partition coefficient (Wildman–Crippen LogP) is 1.59. The Hall–Kier alpha value is -0.900. The molecule has 0 spiro atoms. The summed E-state index contributed by atoms with van der Waals surface area (Å²) >= 11 is 0. The minimum atomic E-state index is -3.73. The highest BCUT2D eigenvalue weighted by Gasteiger charge is 2.24. The van der Waals surface area contributed by atoms with E-state index in [2.05, 4.69) is 21.9 Å². The number of nitrogens with zero attached hydrogens (tertiary/aromatic N) is 2. The van der Waals surface area contributed by atoms with Crippen LogP contribution in [0, 0.1) is 0 Å². The van der Waals surface area contributed by atoms with E-state index in [-0.39, 0.29) is 41.2 Å². The third kappa shape index (κ3) is 7.85. The fourth-order valence-electron chi connectivity index (χ4n) is 2.93. The van der Waals surface area contributed by atoms with Crippen molar-refractivity contribution >= 4 is 40.7 Å². The molecule has 28 heavy (non-hydrogen) atoms. The number of benzene rings is 1. The monoisotopic (exact) mass is 454 g/mol. The Balaban J connectivity index is 0.00000364. The molecule has 1 aromatic carbocycles. The van der Waals surface area contributed by atoms with Crippen LogP contribution in [0.1, 0.15) is 30.1 Å². The van der Waals surface area contributed by atoms with Crippen molar-refractivity contribution in [2.24, 2.45) is 0 Å². The van der Waals surface area contributed by atoms with Crippen LogP contribution >= 0.6 is 24.8 Å². The summed E-state index contributed by atoms with van der Waals surface area (Å²) in [7, 11) is -2.02. The number of carbonyl (C=O) groups excluding carboxylic acids is 1. The molecule has 2 N–H and O–H groups in total. The van der Waals surface area contributed by atoms with Gasteiger partial charge in [-0.15, -0.1) is 24.8 Å². The molecule has 0 unspecified atom stereocenters. The zero-order valence-electron chi connectivity index (χ0n) is 16.5. The first kappa shape index (κ1) is 27.1. The van der Waals surface area contributed by atoms with Gasteiger partial charge in [-0.3, -0.25) is 9.69 Å². The molecule has 0 aliphatic carbocycles. The highest BCUT2D eigenvalue weighted by Crippen LogP contribution is 2.17. The Labute approximate surface area is 181 Å². The van der Waals surface area contributed by atoms with Gasteiger partial charge in [0.25, 0.3) is 5.91 Å². The van der Waals surface area contributed by atoms with Crippen LogP contribution in [-0.2, 0) is 10.0 Å². The number of piperazine rings is 1. The second-order valence-corrected chi connectivity index (χ2v) is 8.30. The van der Waals surface area contributed by atoms with E-state index in [0.29, 0.717) is 19.6 Å². The third-order valence-electron chi connectivity index (χ3n) is 4.53. The number of hydrogen-bond donors (Lipinski definition) is 2. The van der Waals surface area contributed by atoms with Gasteiger partial charge in [-0.25, -0.2) is 13.1 Å². The van der Waals surface area contributed by atoms with Crippen molar-refractivity contribution in [2.45, 2.75) is 24.7 Å². The molecule has 1 saturated heterocycles. The van der Waals surface area contributed by atoms with Crippen LogP contribution in [0.2, 0.25) is 0 Å². The lowest BCUT2D eigenvalue weighted by Gasteiger charge is -2.27. The smallest absolute Gasteiger partial charge is 0.254 e. The van der Waals surface area contributed by atoms with Gasteiger partial charge in [0.1, 0.15) is 0 Å². The minimum absolute atomic E-state index is 0. The normalized spacial score (nSPS) is 14.6. The Kier molecular flexibility index (Phi) is 12.9. The quantitative estimate of drug-likeness (QED) is 0.591. The molecule has 1 aliphatic heterocycles. The van der Waals surface area contributed by atoms with Crippen LogP contribution in [0.25, 0.3) is 0 Å². The lowest BCUT2D eigenvalue weighted by Crippen LogP contribution is -2.46. The van der Waals surface area contributed by atoms with Gasteiger partial charge < -0.3 is 10.2 Å². The molecule has 1 heterocycles. The lowest BCUT2D eigenvalue weighted by atomic mass is 10.2. The Morgan fingerprint density at radius 1 is 1.21 bits per heavy atom. The molecule has 1 aliphatic rings. The Bertz CT molecular complexity index is 698. The molecular formula is C18H32Cl2N4O3S. The van der Waals surface area contributed by atoms with Crippen molar-refractivity contribution in [1.29, 1.82) is 0 Å². The second kappa shape index (κ2) is 13.3. The summed E-state index contributed by atoms with van der Waals surface area (Å²) in [6.07, 6.45) is 1.87. The van der Waals surface area contributed by atoms with Gasteiger partial charge in [0.05, 0.1) is 10.5 Å². The van der Waals surface area contributed by atoms with E-state index in [9.17, 15) is 13.2 Å². The summed E-state index contributed by atoms with van der Waals surface area (Å²) in [6, 6.07) is 6.41. The summed E-state index contributed by atoms with van der Waals surface area (Å²) in [4.78, 5) is 16.5. The maximum Gasteiger partial charge on any atom is 0.254 e. The van der Waals surface area contributed by atoms with Gasteiger partial charge >= 0.3 is 0 Å². The van der Waals surface area contributed by atoms with Crippen LogP contribution in [0.3, 0.4) is 0 Å². The van der Waals surface area contributed by atoms with Gasteiger partial charge in [0.15, 0.2) is 0 Å². The molecule has 0 radical (unpaired) electrons. The van der Waals surface area contributed by atoms with Crippen LogP contribution in [0.15, 0.2) is 29.2 Å². The molecule has 2 rings (SSSR count). The molecule has 0 atom stereocenters. The maximum atomic E-state index is 12.7. The van der Waals surface area contributed by atoms with E-state index in [1.165, 1.54) is 6.07 Å². The van der Waals surface area contributed by atoms with Crippen LogP contribution in [0.5, 0.6) is 0 Å². The number of carbonyl (C=O) groups is 1. The second-order valence-electron chi connectivity index (χ2n) is 6.57. The van der Waals surface area contributed by atoms with E-state index in [1.54, 1.807) is 30.1 Å². The van der Waals surface area contributed by atoms with E-state index < -0.39 is 10.0 Å². The molecular weight excluding hydrogens is 423 g/mol. The van der Waals surface area contributed by atoms with E-state index in [1.807, 2.05) is 0 Å². The highest BCUT2D eigenvalue weighted by atomic mass is 35.5. The van der Waals surface area contributed by atoms with Crippen molar-refractivity contribution in [3.8, 4) is 0 Å². The highest BCUT2D eigenvalue weighted by molar-refractivity contribution is 7.89. The van der Waals surface area contributed by atoms with Crippen LogP contribution in [0.4, 0.5) is 0 Å². The Morgan fingerprint density at radius 2 is 1.86 bits per heavy atom. The van der Waals surface area contributed by atoms with Crippen LogP contribution < -0.4 is 10.0 Å². The first-order chi connectivity index (χ1) is 12.5. The summed E-state index contributed by atoms with van der Waals surface area (Å²) < 4.78 is 28.1. The average Bonchev–Trinajstić information content (AvgIpc) is 2.66. The lowest BCUT2D eigenvalue weighted by molar-refractivity contribution is 0.0789. The summed E-state index contributed by atoms with van der Waals surface area (Å²) in [5, 5.41) is 3.27. The maximum absolute atomic E-state index is 12.7. The van der Waals surface area contributed by atoms with Crippen molar-refractivity contribution < 1.29 is 13.2 Å². The van der Waals surface area contributed by atoms with Crippen molar-refractivity contribution in [2.75, 3.05) is 52.9 Å². The zero-order chi connectivity index (χ0) is 19.0. The molecule has 0 bridgehead atoms. The zero-order valence-corrected chi connectivity index (χ0v) is 19.0. The van der Waals surface area contributed by atoms with Crippen molar-refractivity contribution in [3.63, 3.8) is 0 Å². The van der Waals surface area contributed by atoms with E-state index in [4.69, 9.17) is 0 Å². The molecule has 1 fully saturated rings. The van der Waals surface area contributed by atoms with E-state index in [0.717, 1.165) is 39.0 Å². The number of halogens is 2. The first-order valence-electron chi connectivity index (χ1n) is 9.23. The molecule has 0 aromatic heterocycles. The number of nitrogens with one attached hydrogen (secondary N) is 2. The third-order valence-corrected chi connectivity index (χ3v) is 6.05. The van der Waals surface area contributed by atoms with Crippen LogP contribution in [-0.4, -0.2) is 77.0 Å². The fraction of sp³-hybridized carbons (Fsp3) is 0.611. The first-order valence-corrected chi connectivity index (χ1v) is 10.7. The summed E-state index contributed by atoms with van der Waals surface area (Å²) in [6.45, 7) is 7.34. The minimum Gasteiger partial charge on any atom is -0.342 e. The molecule has 10 heteroatoms. The molecule has 162 valence electrons. The number of amides is 1. The number of sulfonamides is 1. The van der Waals surface area contributed by atoms with E-state index >= 15 is 0 Å². The molecule has 1 aromatic rings. The topological polar surface area (TPSA) is 81.8 Å². The van der Waals surface area contributed by atoms with Crippen molar-refractivity contribution in [3.05, 3.63) is 29.8 Å². The summed E-state index contributed by atoms with van der Waals surface area (Å²) in [5.41, 5.74) is 0.223. The molecule has 1 amide bonds. The molecule has 7 nitrogen and oxygen atoms in total. The van der Waals surface area contributed by atoms with Gasteiger partial charge in [0.2, 0.25) is 10.0 Å². The summed E-state index contributed by atoms with van der Waals surface area (Å²) in [5.74, 6) is -0.262. The fourth-order valence-corrected chi connectivity index (χ4v) is 4.15. The SMILES string of the molecule is CCCCN(C)C(=O)c1ccccc1S(=O)(=O)NCCN1CCNCC1.Cl.Cl. The van der Waals surface area contributed by atoms with Crippen molar-refractivity contribution in [1.82, 2.24) is 19.8 Å². The van der Waals surface area contributed by atoms with Gasteiger partial charge in [-0.2, -0.15) is 0 Å². The van der Waals surface area contributed by atoms with Gasteiger partial charge in [-0.1, -0.05) is 25.5 Å². The molecule has 0 saturated carbocycles. The number of rotatable bonds is 9. The number of hydrogen-bond acceptors (Lipinski definition) is 5. The largest absolute Gasteiger partial charge is 0.342 e. The van der Waals surface area contributed by atoms with Gasteiger partial charge in [0, 0.05) is 52.9 Å². The Morgan fingerprint density at radius 3 is 2.50 bits per heavy atom. The standard InChI is InChI=1S/C18H30N4O3S.2ClH/c1-3-4-12-21(2)18(23)16-7-5-6-8-17(16)26(24,25)20-11-15-22-13-9-19-10-14-22;;/h5-8,19-20H,3-4,9-15H2,1-2H3;2*1H. The average molecular weight is 455 g/mol. The number of unbranched alkanes of at least 4 members (excludes halogenated alkanes) is 1.